The van der Waals surface area contributed by atoms with Gasteiger partial charge in [-0.25, -0.2) is 4.98 Å². The van der Waals surface area contributed by atoms with Gasteiger partial charge in [0.05, 0.1) is 19.4 Å². The van der Waals surface area contributed by atoms with Crippen LogP contribution in [0.25, 0.3) is 11.3 Å². The van der Waals surface area contributed by atoms with Gasteiger partial charge in [-0.05, 0) is 36.9 Å². The lowest BCUT2D eigenvalue weighted by molar-refractivity contribution is 0.266. The number of imidazole rings is 1. The Kier molecular flexibility index (Phi) is 5.97. The average molecular weight is 389 g/mol. The molecule has 0 N–H and O–H groups in total. The normalized spacial score (nSPS) is 11.1. The van der Waals surface area contributed by atoms with Gasteiger partial charge in [0.2, 0.25) is 0 Å². The van der Waals surface area contributed by atoms with Crippen LogP contribution >= 0.6 is 0 Å². The average Bonchev–Trinajstić information content (AvgIpc) is 3.42. The number of hydrogen-bond acceptors (Lipinski definition) is 6. The molecule has 1 aromatic carbocycles. The number of aromatic nitrogens is 4. The molecule has 0 aliphatic heterocycles. The second kappa shape index (κ2) is 9.16. The minimum atomic E-state index is 0.611. The van der Waals surface area contributed by atoms with E-state index in [0.717, 1.165) is 35.9 Å². The van der Waals surface area contributed by atoms with E-state index in [4.69, 9.17) is 9.26 Å². The molecule has 0 unspecified atom stereocenters. The Labute approximate surface area is 169 Å². The van der Waals surface area contributed by atoms with E-state index in [9.17, 15) is 0 Å². The second-order valence-corrected chi connectivity index (χ2v) is 6.89. The minimum absolute atomic E-state index is 0.611. The van der Waals surface area contributed by atoms with Crippen molar-refractivity contribution in [1.29, 1.82) is 0 Å². The molecule has 3 aromatic heterocycles. The van der Waals surface area contributed by atoms with Crippen molar-refractivity contribution in [1.82, 2.24) is 24.6 Å². The highest BCUT2D eigenvalue weighted by molar-refractivity contribution is 5.57. The summed E-state index contributed by atoms with van der Waals surface area (Å²) in [5, 5.41) is 4.14. The zero-order valence-electron chi connectivity index (χ0n) is 16.3. The van der Waals surface area contributed by atoms with Gasteiger partial charge in [-0.1, -0.05) is 17.3 Å². The number of rotatable bonds is 9. The van der Waals surface area contributed by atoms with Gasteiger partial charge in [-0.2, -0.15) is 0 Å². The van der Waals surface area contributed by atoms with Crippen LogP contribution in [-0.4, -0.2) is 38.2 Å². The molecule has 4 rings (SSSR count). The van der Waals surface area contributed by atoms with Crippen LogP contribution < -0.4 is 4.74 Å². The number of ether oxygens (including phenoxy) is 1. The molecular weight excluding hydrogens is 366 g/mol. The van der Waals surface area contributed by atoms with Gasteiger partial charge in [0.1, 0.15) is 18.1 Å². The summed E-state index contributed by atoms with van der Waals surface area (Å²) in [7, 11) is 2.06. The number of hydrogen-bond donors (Lipinski definition) is 0. The van der Waals surface area contributed by atoms with E-state index in [0.29, 0.717) is 13.2 Å². The predicted octanol–water partition coefficient (Wildman–Crippen LogP) is 3.64. The lowest BCUT2D eigenvalue weighted by atomic mass is 10.2. The summed E-state index contributed by atoms with van der Waals surface area (Å²) >= 11 is 0. The first-order valence-electron chi connectivity index (χ1n) is 9.48. The topological polar surface area (TPSA) is 69.2 Å². The van der Waals surface area contributed by atoms with Gasteiger partial charge in [0.25, 0.3) is 0 Å². The lowest BCUT2D eigenvalue weighted by Gasteiger charge is -2.15. The summed E-state index contributed by atoms with van der Waals surface area (Å²) in [6.45, 7) is 2.87. The number of pyridine rings is 1. The fourth-order valence-electron chi connectivity index (χ4n) is 3.05. The van der Waals surface area contributed by atoms with Crippen molar-refractivity contribution in [2.75, 3.05) is 13.7 Å². The molecule has 0 saturated heterocycles. The highest BCUT2D eigenvalue weighted by atomic mass is 16.5. The third kappa shape index (κ3) is 5.30. The molecule has 3 heterocycles. The first kappa shape index (κ1) is 18.9. The molecule has 0 spiro atoms. The van der Waals surface area contributed by atoms with Crippen LogP contribution in [0.1, 0.15) is 11.3 Å². The third-order valence-corrected chi connectivity index (χ3v) is 4.50. The van der Waals surface area contributed by atoms with Crippen molar-refractivity contribution in [2.45, 2.75) is 19.6 Å². The molecular formula is C22H23N5O2. The molecule has 0 bridgehead atoms. The molecule has 29 heavy (non-hydrogen) atoms. The Bertz CT molecular complexity index is 997. The van der Waals surface area contributed by atoms with Crippen molar-refractivity contribution in [3.05, 3.63) is 84.9 Å². The first-order chi connectivity index (χ1) is 14.3. The quantitative estimate of drug-likeness (QED) is 0.435. The largest absolute Gasteiger partial charge is 0.492 e. The van der Waals surface area contributed by atoms with Gasteiger partial charge in [0, 0.05) is 43.0 Å². The molecule has 0 aliphatic rings. The van der Waals surface area contributed by atoms with Gasteiger partial charge in [0.15, 0.2) is 5.76 Å². The van der Waals surface area contributed by atoms with E-state index in [1.54, 1.807) is 24.9 Å². The van der Waals surface area contributed by atoms with Gasteiger partial charge in [-0.15, -0.1) is 0 Å². The van der Waals surface area contributed by atoms with Crippen LogP contribution in [0.4, 0.5) is 0 Å². The summed E-state index contributed by atoms with van der Waals surface area (Å²) in [6.07, 6.45) is 9.01. The standard InChI is InChI=1S/C22H23N5O2/c1-26(16-21-13-22(25-29-21)19-3-2-8-23-14-19)15-18-4-6-20(7-5-18)28-12-11-27-10-9-24-17-27/h2-10,13-14,17H,11-12,15-16H2,1H3. The van der Waals surface area contributed by atoms with Crippen molar-refractivity contribution in [3.63, 3.8) is 0 Å². The maximum Gasteiger partial charge on any atom is 0.151 e. The van der Waals surface area contributed by atoms with Crippen LogP contribution in [0.3, 0.4) is 0 Å². The highest BCUT2D eigenvalue weighted by Gasteiger charge is 2.09. The Hall–Kier alpha value is -3.45. The van der Waals surface area contributed by atoms with Gasteiger partial charge >= 0.3 is 0 Å². The summed E-state index contributed by atoms with van der Waals surface area (Å²) in [4.78, 5) is 10.3. The first-order valence-corrected chi connectivity index (χ1v) is 9.48. The van der Waals surface area contributed by atoms with Crippen molar-refractivity contribution in [3.8, 4) is 17.0 Å². The fourth-order valence-corrected chi connectivity index (χ4v) is 3.05. The summed E-state index contributed by atoms with van der Waals surface area (Å²) < 4.78 is 13.3. The Morgan fingerprint density at radius 2 is 1.97 bits per heavy atom. The monoisotopic (exact) mass is 389 g/mol. The van der Waals surface area contributed by atoms with Crippen LogP contribution in [0, 0.1) is 0 Å². The maximum atomic E-state index is 5.79. The molecule has 0 radical (unpaired) electrons. The number of nitrogens with zero attached hydrogens (tertiary/aromatic N) is 5. The van der Waals surface area contributed by atoms with Gasteiger partial charge < -0.3 is 13.8 Å². The van der Waals surface area contributed by atoms with Crippen LogP contribution in [0.15, 0.2) is 78.1 Å². The number of benzene rings is 1. The molecule has 7 nitrogen and oxygen atoms in total. The van der Waals surface area contributed by atoms with E-state index >= 15 is 0 Å². The second-order valence-electron chi connectivity index (χ2n) is 6.89. The van der Waals surface area contributed by atoms with Crippen molar-refractivity contribution >= 4 is 0 Å². The van der Waals surface area contributed by atoms with Gasteiger partial charge in [-0.3, -0.25) is 9.88 Å². The summed E-state index contributed by atoms with van der Waals surface area (Å²) in [5.74, 6) is 1.69. The third-order valence-electron chi connectivity index (χ3n) is 4.50. The van der Waals surface area contributed by atoms with Crippen LogP contribution in [0.5, 0.6) is 5.75 Å². The lowest BCUT2D eigenvalue weighted by Crippen LogP contribution is -2.16. The van der Waals surface area contributed by atoms with E-state index in [1.807, 2.05) is 41.1 Å². The molecule has 0 fully saturated rings. The SMILES string of the molecule is CN(Cc1ccc(OCCn2ccnc2)cc1)Cc1cc(-c2cccnc2)no1. The highest BCUT2D eigenvalue weighted by Crippen LogP contribution is 2.19. The molecule has 0 aliphatic carbocycles. The zero-order valence-corrected chi connectivity index (χ0v) is 16.3. The fraction of sp³-hybridized carbons (Fsp3) is 0.227. The zero-order chi connectivity index (χ0) is 19.9. The van der Waals surface area contributed by atoms with Crippen LogP contribution in [-0.2, 0) is 19.6 Å². The van der Waals surface area contributed by atoms with E-state index in [-0.39, 0.29) is 0 Å². The predicted molar refractivity (Wildman–Crippen MR) is 109 cm³/mol. The molecule has 0 atom stereocenters. The van der Waals surface area contributed by atoms with E-state index in [2.05, 4.69) is 39.2 Å². The minimum Gasteiger partial charge on any atom is -0.492 e. The van der Waals surface area contributed by atoms with Crippen LogP contribution in [0.2, 0.25) is 0 Å². The summed E-state index contributed by atoms with van der Waals surface area (Å²) in [6, 6.07) is 14.0. The molecule has 0 saturated carbocycles. The van der Waals surface area contributed by atoms with E-state index < -0.39 is 0 Å². The molecule has 7 heteroatoms. The summed E-state index contributed by atoms with van der Waals surface area (Å²) in [5.41, 5.74) is 2.97. The van der Waals surface area contributed by atoms with Crippen molar-refractivity contribution < 1.29 is 9.26 Å². The molecule has 0 amide bonds. The van der Waals surface area contributed by atoms with E-state index in [1.165, 1.54) is 5.56 Å². The van der Waals surface area contributed by atoms with Crippen molar-refractivity contribution in [2.24, 2.45) is 0 Å². The molecule has 148 valence electrons. The molecule has 4 aromatic rings. The maximum absolute atomic E-state index is 5.79. The Morgan fingerprint density at radius 3 is 2.72 bits per heavy atom. The Balaban J connectivity index is 1.26. The Morgan fingerprint density at radius 1 is 1.07 bits per heavy atom. The smallest absolute Gasteiger partial charge is 0.151 e.